The fourth-order valence-electron chi connectivity index (χ4n) is 1.97. The van der Waals surface area contributed by atoms with Gasteiger partial charge >= 0.3 is 0 Å². The smallest absolute Gasteiger partial charge is 0.162 e. The zero-order valence-electron chi connectivity index (χ0n) is 11.5. The molecule has 0 aliphatic rings. The highest BCUT2D eigenvalue weighted by atomic mass is 19.2. The average molecular weight is 295 g/mol. The maximum atomic E-state index is 13.2. The van der Waals surface area contributed by atoms with E-state index in [-0.39, 0.29) is 17.6 Å². The minimum absolute atomic E-state index is 0.173. The molecule has 21 heavy (non-hydrogen) atoms. The van der Waals surface area contributed by atoms with Gasteiger partial charge < -0.3 is 10.5 Å². The quantitative estimate of drug-likeness (QED) is 0.906. The third kappa shape index (κ3) is 3.76. The predicted molar refractivity (Wildman–Crippen MR) is 74.4 cm³/mol. The Morgan fingerprint density at radius 3 is 2.24 bits per heavy atom. The van der Waals surface area contributed by atoms with E-state index in [4.69, 9.17) is 10.5 Å². The van der Waals surface area contributed by atoms with Crippen LogP contribution < -0.4 is 10.5 Å². The van der Waals surface area contributed by atoms with Crippen LogP contribution in [-0.2, 0) is 0 Å². The number of halogens is 3. The molecule has 0 aliphatic heterocycles. The molecule has 0 saturated carbocycles. The highest BCUT2D eigenvalue weighted by molar-refractivity contribution is 5.27. The molecule has 0 saturated heterocycles. The van der Waals surface area contributed by atoms with Gasteiger partial charge in [-0.3, -0.25) is 0 Å². The Hall–Kier alpha value is -2.01. The van der Waals surface area contributed by atoms with Crippen molar-refractivity contribution in [2.45, 2.75) is 25.5 Å². The van der Waals surface area contributed by atoms with E-state index in [9.17, 15) is 13.2 Å². The lowest BCUT2D eigenvalue weighted by Crippen LogP contribution is -2.31. The van der Waals surface area contributed by atoms with Crippen LogP contribution in [0.1, 0.15) is 25.0 Å². The molecule has 2 unspecified atom stereocenters. The lowest BCUT2D eigenvalue weighted by Gasteiger charge is -2.24. The first-order valence-electron chi connectivity index (χ1n) is 6.64. The van der Waals surface area contributed by atoms with Gasteiger partial charge in [-0.2, -0.15) is 0 Å². The van der Waals surface area contributed by atoms with Crippen molar-refractivity contribution < 1.29 is 17.9 Å². The summed E-state index contributed by atoms with van der Waals surface area (Å²) in [7, 11) is 0. The van der Waals surface area contributed by atoms with E-state index in [2.05, 4.69) is 0 Å². The second kappa shape index (κ2) is 6.63. The molecule has 0 amide bonds. The van der Waals surface area contributed by atoms with E-state index < -0.39 is 17.7 Å². The van der Waals surface area contributed by atoms with Crippen molar-refractivity contribution in [2.75, 3.05) is 0 Å². The maximum absolute atomic E-state index is 13.2. The summed E-state index contributed by atoms with van der Waals surface area (Å²) in [6, 6.07) is 8.67. The molecule has 2 atom stereocenters. The van der Waals surface area contributed by atoms with Crippen LogP contribution in [0.3, 0.4) is 0 Å². The highest BCUT2D eigenvalue weighted by Crippen LogP contribution is 2.26. The summed E-state index contributed by atoms with van der Waals surface area (Å²) in [4.78, 5) is 0. The third-order valence-corrected chi connectivity index (χ3v) is 3.21. The second-order valence-electron chi connectivity index (χ2n) is 4.74. The van der Waals surface area contributed by atoms with Gasteiger partial charge in [0.1, 0.15) is 17.7 Å². The van der Waals surface area contributed by atoms with Gasteiger partial charge in [0.25, 0.3) is 0 Å². The lowest BCUT2D eigenvalue weighted by atomic mass is 10.0. The average Bonchev–Trinajstić information content (AvgIpc) is 2.48. The van der Waals surface area contributed by atoms with E-state index in [0.717, 1.165) is 12.1 Å². The normalized spacial score (nSPS) is 13.8. The first-order chi connectivity index (χ1) is 10.0. The van der Waals surface area contributed by atoms with Crippen LogP contribution in [0.25, 0.3) is 0 Å². The molecule has 5 heteroatoms. The SMILES string of the molecule is CCC(N)C(Oc1ccc(F)c(F)c1)c1ccc(F)cc1. The molecule has 2 nitrogen and oxygen atoms in total. The summed E-state index contributed by atoms with van der Waals surface area (Å²) in [6.45, 7) is 1.88. The first-order valence-corrected chi connectivity index (χ1v) is 6.64. The van der Waals surface area contributed by atoms with Gasteiger partial charge in [0.05, 0.1) is 0 Å². The van der Waals surface area contributed by atoms with Crippen molar-refractivity contribution in [3.05, 3.63) is 65.5 Å². The van der Waals surface area contributed by atoms with E-state index in [1.807, 2.05) is 6.92 Å². The van der Waals surface area contributed by atoms with Crippen molar-refractivity contribution >= 4 is 0 Å². The van der Waals surface area contributed by atoms with E-state index >= 15 is 0 Å². The molecular formula is C16H16F3NO. The Morgan fingerprint density at radius 2 is 1.67 bits per heavy atom. The Labute approximate surface area is 121 Å². The van der Waals surface area contributed by atoms with E-state index in [1.165, 1.54) is 18.2 Å². The largest absolute Gasteiger partial charge is 0.484 e. The molecular weight excluding hydrogens is 279 g/mol. The maximum Gasteiger partial charge on any atom is 0.162 e. The molecule has 0 bridgehead atoms. The molecule has 0 heterocycles. The van der Waals surface area contributed by atoms with Crippen LogP contribution in [0.5, 0.6) is 5.75 Å². The van der Waals surface area contributed by atoms with Crippen LogP contribution in [0.2, 0.25) is 0 Å². The summed E-state index contributed by atoms with van der Waals surface area (Å²) >= 11 is 0. The standard InChI is InChI=1S/C16H16F3NO/c1-2-15(20)16(10-3-5-11(17)6-4-10)21-12-7-8-13(18)14(19)9-12/h3-9,15-16H,2,20H2,1H3. The zero-order valence-corrected chi connectivity index (χ0v) is 11.5. The van der Waals surface area contributed by atoms with Crippen LogP contribution >= 0.6 is 0 Å². The zero-order chi connectivity index (χ0) is 15.4. The number of hydrogen-bond donors (Lipinski definition) is 1. The number of hydrogen-bond acceptors (Lipinski definition) is 2. The molecule has 112 valence electrons. The van der Waals surface area contributed by atoms with Gasteiger partial charge in [0.15, 0.2) is 11.6 Å². The minimum atomic E-state index is -0.990. The van der Waals surface area contributed by atoms with Crippen molar-refractivity contribution in [1.82, 2.24) is 0 Å². The molecule has 2 rings (SSSR count). The molecule has 2 aromatic carbocycles. The van der Waals surface area contributed by atoms with Crippen molar-refractivity contribution in [3.63, 3.8) is 0 Å². The van der Waals surface area contributed by atoms with E-state index in [0.29, 0.717) is 12.0 Å². The number of ether oxygens (including phenoxy) is 1. The summed E-state index contributed by atoms with van der Waals surface area (Å²) in [5.41, 5.74) is 6.69. The molecule has 0 radical (unpaired) electrons. The number of rotatable bonds is 5. The van der Waals surface area contributed by atoms with Gasteiger partial charge in [-0.15, -0.1) is 0 Å². The fourth-order valence-corrected chi connectivity index (χ4v) is 1.97. The Balaban J connectivity index is 2.28. The summed E-state index contributed by atoms with van der Waals surface area (Å²) in [6.07, 6.45) is 0.0478. The van der Waals surface area contributed by atoms with E-state index in [1.54, 1.807) is 12.1 Å². The van der Waals surface area contributed by atoms with Gasteiger partial charge in [0.2, 0.25) is 0 Å². The molecule has 0 aromatic heterocycles. The molecule has 0 spiro atoms. The van der Waals surface area contributed by atoms with Crippen LogP contribution in [-0.4, -0.2) is 6.04 Å². The van der Waals surface area contributed by atoms with Crippen LogP contribution in [0.4, 0.5) is 13.2 Å². The predicted octanol–water partition coefficient (Wildman–Crippen LogP) is 3.96. The topological polar surface area (TPSA) is 35.2 Å². The van der Waals surface area contributed by atoms with Gasteiger partial charge in [0, 0.05) is 12.1 Å². The summed E-state index contributed by atoms with van der Waals surface area (Å²) < 4.78 is 44.8. The lowest BCUT2D eigenvalue weighted by molar-refractivity contribution is 0.170. The Kier molecular flexibility index (Phi) is 4.85. The van der Waals surface area contributed by atoms with Gasteiger partial charge in [-0.1, -0.05) is 19.1 Å². The summed E-state index contributed by atoms with van der Waals surface area (Å²) in [5, 5.41) is 0. The molecule has 2 aromatic rings. The molecule has 0 fully saturated rings. The van der Waals surface area contributed by atoms with Gasteiger partial charge in [-0.25, -0.2) is 13.2 Å². The van der Waals surface area contributed by atoms with Crippen LogP contribution in [0.15, 0.2) is 42.5 Å². The van der Waals surface area contributed by atoms with Gasteiger partial charge in [-0.05, 0) is 36.2 Å². The fraction of sp³-hybridized carbons (Fsp3) is 0.250. The summed E-state index contributed by atoms with van der Waals surface area (Å²) in [5.74, 6) is -2.13. The first kappa shape index (κ1) is 15.4. The number of benzene rings is 2. The Morgan fingerprint density at radius 1 is 1.00 bits per heavy atom. The monoisotopic (exact) mass is 295 g/mol. The molecule has 2 N–H and O–H groups in total. The van der Waals surface area contributed by atoms with Crippen molar-refractivity contribution in [3.8, 4) is 5.75 Å². The van der Waals surface area contributed by atoms with Crippen molar-refractivity contribution in [2.24, 2.45) is 5.73 Å². The van der Waals surface area contributed by atoms with Crippen LogP contribution in [0, 0.1) is 17.5 Å². The number of nitrogens with two attached hydrogens (primary N) is 1. The highest BCUT2D eigenvalue weighted by Gasteiger charge is 2.21. The Bertz CT molecular complexity index is 601. The minimum Gasteiger partial charge on any atom is -0.484 e. The van der Waals surface area contributed by atoms with Crippen molar-refractivity contribution in [1.29, 1.82) is 0 Å². The third-order valence-electron chi connectivity index (χ3n) is 3.21. The second-order valence-corrected chi connectivity index (χ2v) is 4.74. The molecule has 0 aliphatic carbocycles.